The number of rotatable bonds is 39. The Hall–Kier alpha value is -9.81. The van der Waals surface area contributed by atoms with Crippen LogP contribution in [0.3, 0.4) is 0 Å². The highest BCUT2D eigenvalue weighted by molar-refractivity contribution is 5.90. The molecule has 0 saturated heterocycles. The van der Waals surface area contributed by atoms with E-state index >= 15 is 0 Å². The quantitative estimate of drug-likeness (QED) is 0.0115. The van der Waals surface area contributed by atoms with E-state index in [9.17, 15) is 24.0 Å². The maximum absolute atomic E-state index is 13.4. The molecule has 18 heteroatoms. The average molecular weight is 1360 g/mol. The number of hydrogen-bond donors (Lipinski definition) is 0. The first kappa shape index (κ1) is 74.4. The topological polar surface area (TPSA) is 213 Å². The Labute approximate surface area is 587 Å². The molecule has 0 N–H and O–H groups in total. The van der Waals surface area contributed by atoms with E-state index in [1.807, 2.05) is 115 Å². The highest BCUT2D eigenvalue weighted by Gasteiger charge is 2.30. The fraction of sp³-hybridized carbons (Fsp3) is 0.402. The van der Waals surface area contributed by atoms with Crippen LogP contribution in [0.15, 0.2) is 176 Å². The molecule has 0 spiro atoms. The van der Waals surface area contributed by atoms with Crippen molar-refractivity contribution in [2.24, 2.45) is 23.7 Å². The third kappa shape index (κ3) is 24.0. The number of carbonyl (C=O) groups excluding carboxylic acids is 5. The first-order valence-electron chi connectivity index (χ1n) is 35.1. The zero-order valence-electron chi connectivity index (χ0n) is 58.0. The van der Waals surface area contributed by atoms with Gasteiger partial charge in [-0.25, -0.2) is 24.4 Å². The molecule has 2 saturated carbocycles. The Morgan fingerprint density at radius 1 is 0.350 bits per heavy atom. The maximum Gasteiger partial charge on any atom is 0.333 e. The Morgan fingerprint density at radius 3 is 1.18 bits per heavy atom. The number of unbranched alkanes of at least 4 members (excludes halogenated alkanes) is 6. The lowest BCUT2D eigenvalue weighted by Gasteiger charge is -2.27. The van der Waals surface area contributed by atoms with Crippen LogP contribution in [-0.4, -0.2) is 106 Å². The van der Waals surface area contributed by atoms with Crippen molar-refractivity contribution < 1.29 is 76.1 Å². The molecule has 2 aliphatic carbocycles. The van der Waals surface area contributed by atoms with E-state index in [-0.39, 0.29) is 60.8 Å². The lowest BCUT2D eigenvalue weighted by atomic mass is 9.82. The van der Waals surface area contributed by atoms with Crippen molar-refractivity contribution in [3.05, 3.63) is 176 Å². The summed E-state index contributed by atoms with van der Waals surface area (Å²) in [4.78, 5) is 72.3. The third-order valence-corrected chi connectivity index (χ3v) is 17.5. The van der Waals surface area contributed by atoms with Gasteiger partial charge in [-0.15, -0.1) is 0 Å². The molecule has 0 aliphatic heterocycles. The minimum atomic E-state index is -0.449. The molecule has 0 unspecified atom stereocenters. The molecule has 18 nitrogen and oxygen atoms in total. The summed E-state index contributed by atoms with van der Waals surface area (Å²) in [5.41, 5.74) is 7.39. The van der Waals surface area contributed by atoms with E-state index in [0.29, 0.717) is 158 Å². The number of fused-ring (bicyclic) bond motifs is 1. The van der Waals surface area contributed by atoms with Gasteiger partial charge in [-0.1, -0.05) is 62.2 Å². The van der Waals surface area contributed by atoms with Crippen molar-refractivity contribution in [2.45, 2.75) is 124 Å². The number of esters is 5. The van der Waals surface area contributed by atoms with Crippen molar-refractivity contribution in [2.75, 3.05) is 66.1 Å². The normalized spacial score (nSPS) is 15.7. The second kappa shape index (κ2) is 39.1. The zero-order chi connectivity index (χ0) is 70.4. The molecule has 2 aliphatic rings. The van der Waals surface area contributed by atoms with E-state index in [1.165, 1.54) is 0 Å². The van der Waals surface area contributed by atoms with Crippen LogP contribution in [0.2, 0.25) is 0 Å². The molecule has 9 rings (SSSR count). The van der Waals surface area contributed by atoms with Crippen molar-refractivity contribution in [3.8, 4) is 73.9 Å². The van der Waals surface area contributed by atoms with Gasteiger partial charge in [-0.2, -0.15) is 0 Å². The lowest BCUT2D eigenvalue weighted by molar-refractivity contribution is -0.141. The van der Waals surface area contributed by atoms with Gasteiger partial charge in [-0.05, 0) is 244 Å². The minimum absolute atomic E-state index is 0.131. The van der Waals surface area contributed by atoms with E-state index in [1.54, 1.807) is 45.0 Å². The summed E-state index contributed by atoms with van der Waals surface area (Å²) in [6.07, 6.45) is 13.2. The monoisotopic (exact) mass is 1360 g/mol. The fourth-order valence-corrected chi connectivity index (χ4v) is 11.7. The predicted molar refractivity (Wildman–Crippen MR) is 383 cm³/mol. The van der Waals surface area contributed by atoms with Crippen molar-refractivity contribution in [1.29, 1.82) is 0 Å². The molecule has 0 atom stereocenters. The molecular formula is C82H94N2O16. The number of carbonyl (C=O) groups is 5. The van der Waals surface area contributed by atoms with E-state index < -0.39 is 5.97 Å². The number of hydrogen-bond acceptors (Lipinski definition) is 18. The molecule has 0 radical (unpaired) electrons. The van der Waals surface area contributed by atoms with Crippen LogP contribution >= 0.6 is 0 Å². The van der Waals surface area contributed by atoms with Crippen molar-refractivity contribution in [1.82, 2.24) is 9.97 Å². The molecule has 1 aromatic heterocycles. The fourth-order valence-electron chi connectivity index (χ4n) is 11.7. The summed E-state index contributed by atoms with van der Waals surface area (Å²) in [5, 5.41) is 0. The van der Waals surface area contributed by atoms with Gasteiger partial charge in [0.15, 0.2) is 0 Å². The summed E-state index contributed by atoms with van der Waals surface area (Å²) in [6.45, 7) is 19.5. The number of nitrogens with zero attached hydrogens (tertiary/aromatic N) is 2. The predicted octanol–water partition coefficient (Wildman–Crippen LogP) is 16.8. The molecule has 2 fully saturated rings. The van der Waals surface area contributed by atoms with Crippen LogP contribution in [0.25, 0.3) is 44.7 Å². The summed E-state index contributed by atoms with van der Waals surface area (Å²) < 4.78 is 63.7. The molecule has 1 heterocycles. The molecule has 100 heavy (non-hydrogen) atoms. The second-order valence-electron chi connectivity index (χ2n) is 25.8. The Kier molecular flexibility index (Phi) is 29.1. The number of aromatic nitrogens is 2. The standard InChI is InChI=1S/C82H94N2O16/c1-56(2)78(85)94-44-13-9-7-11-42-91-67-33-37-69(38-34-67)99-81(88)61-28-24-59(25-29-61)54-97-72-22-16-19-65(51-72)76-77(84-75-53-64(32-41-74(75)83-76)63-18-15-21-71(50-63)93-48-46-90-47-49-96-80(87)58(5)6)66-20-17-23-73(52-66)98-55-60-26-30-62(31-27-60)82(89)100-70-39-35-68(36-40-70)92-43-12-8-10-14-45-95-79(86)57(3)4/h15-23,32-41,50-53,59-62H,1,3,5,7-14,24-31,42-49,54-55H2,2,4,6H3. The van der Waals surface area contributed by atoms with Crippen LogP contribution in [0.1, 0.15) is 124 Å². The van der Waals surface area contributed by atoms with E-state index in [2.05, 4.69) is 19.7 Å². The summed E-state index contributed by atoms with van der Waals surface area (Å²) >= 11 is 0. The van der Waals surface area contributed by atoms with Gasteiger partial charge in [-0.3, -0.25) is 9.59 Å². The molecule has 0 amide bonds. The van der Waals surface area contributed by atoms with Gasteiger partial charge in [0.2, 0.25) is 0 Å². The first-order chi connectivity index (χ1) is 48.6. The van der Waals surface area contributed by atoms with Crippen LogP contribution in [0.4, 0.5) is 0 Å². The average Bonchev–Trinajstić information content (AvgIpc) is 0.771. The van der Waals surface area contributed by atoms with Crippen LogP contribution < -0.4 is 33.2 Å². The highest BCUT2D eigenvalue weighted by Crippen LogP contribution is 2.38. The van der Waals surface area contributed by atoms with E-state index in [4.69, 9.17) is 62.1 Å². The van der Waals surface area contributed by atoms with Gasteiger partial charge in [0.25, 0.3) is 0 Å². The summed E-state index contributed by atoms with van der Waals surface area (Å²) in [5.74, 6) is 2.93. The largest absolute Gasteiger partial charge is 0.494 e. The van der Waals surface area contributed by atoms with Gasteiger partial charge >= 0.3 is 29.8 Å². The molecule has 528 valence electrons. The van der Waals surface area contributed by atoms with Crippen LogP contribution in [0.5, 0.6) is 40.2 Å². The third-order valence-electron chi connectivity index (χ3n) is 17.5. The van der Waals surface area contributed by atoms with Gasteiger partial charge in [0, 0.05) is 27.8 Å². The Bertz CT molecular complexity index is 3870. The number of ether oxygens (including phenoxy) is 11. The van der Waals surface area contributed by atoms with Gasteiger partial charge in [0.1, 0.15) is 53.5 Å². The zero-order valence-corrected chi connectivity index (χ0v) is 58.0. The lowest BCUT2D eigenvalue weighted by Crippen LogP contribution is -2.27. The Balaban J connectivity index is 0.788. The van der Waals surface area contributed by atoms with Gasteiger partial charge < -0.3 is 52.1 Å². The molecule has 7 aromatic rings. The number of benzene rings is 6. The molecule has 6 aromatic carbocycles. The van der Waals surface area contributed by atoms with Crippen LogP contribution in [-0.2, 0) is 42.9 Å². The van der Waals surface area contributed by atoms with Crippen molar-refractivity contribution in [3.63, 3.8) is 0 Å². The molecule has 0 bridgehead atoms. The van der Waals surface area contributed by atoms with E-state index in [0.717, 1.165) is 99.3 Å². The smallest absolute Gasteiger partial charge is 0.333 e. The first-order valence-corrected chi connectivity index (χ1v) is 35.1. The highest BCUT2D eigenvalue weighted by atomic mass is 16.6. The van der Waals surface area contributed by atoms with Gasteiger partial charge in [0.05, 0.1) is 87.1 Å². The SMILES string of the molecule is C=C(C)C(=O)OCCCCCCOc1ccc(OC(=O)C2CCC(COc3cccc(-c4nc5ccc(-c6cccc(OCCOCCOC(=O)C(=C)C)c6)cc5nc4-c4cccc(OCC5CCC(C(=O)Oc6ccc(OCCCCCCOC(=O)C(=C)C)cc6)CC5)c4)c3)CC2)cc1. The minimum Gasteiger partial charge on any atom is -0.494 e. The molecular weight excluding hydrogens is 1270 g/mol. The van der Waals surface area contributed by atoms with Crippen molar-refractivity contribution >= 4 is 40.9 Å². The summed E-state index contributed by atoms with van der Waals surface area (Å²) in [6, 6.07) is 44.1. The van der Waals surface area contributed by atoms with Crippen LogP contribution in [0, 0.1) is 23.7 Å². The second-order valence-corrected chi connectivity index (χ2v) is 25.8. The maximum atomic E-state index is 13.4. The summed E-state index contributed by atoms with van der Waals surface area (Å²) in [7, 11) is 0. The Morgan fingerprint density at radius 2 is 0.720 bits per heavy atom.